The van der Waals surface area contributed by atoms with Gasteiger partial charge in [0.05, 0.1) is 43.2 Å². The standard InChI is InChI=1S/C26H30N4O7/c1-4-36-26(33)16-5-7-30(8-6-16)20-14-21(31)19(12-22(20)32)29-25-17-11-23(35-3)24(37-10-9-34-2)13-18(17)27-15-28-25/h11-16H,4-10H2,1-3H3,(H,27,28,29). The number of methoxy groups -OCH3 is 2. The van der Waals surface area contributed by atoms with Crippen LogP contribution in [0.2, 0.25) is 0 Å². The summed E-state index contributed by atoms with van der Waals surface area (Å²) in [6.07, 6.45) is 5.11. The SMILES string of the molecule is CCOC(=O)C1CCN(C2=CC(=O)C(Nc3ncnc4cc(OCCOC)c(OC)cc34)=CC2=O)CC1. The van der Waals surface area contributed by atoms with Crippen LogP contribution in [0.1, 0.15) is 19.8 Å². The molecule has 0 bridgehead atoms. The lowest BCUT2D eigenvalue weighted by Crippen LogP contribution is -2.39. The van der Waals surface area contributed by atoms with E-state index < -0.39 is 0 Å². The quantitative estimate of drug-likeness (QED) is 0.287. The second-order valence-electron chi connectivity index (χ2n) is 8.54. The molecular formula is C26H30N4O7. The molecule has 1 aliphatic carbocycles. The minimum atomic E-state index is -0.347. The summed E-state index contributed by atoms with van der Waals surface area (Å²) in [6, 6.07) is 3.43. The topological polar surface area (TPSA) is 129 Å². The predicted octanol–water partition coefficient (Wildman–Crippen LogP) is 2.27. The molecule has 1 N–H and O–H groups in total. The minimum Gasteiger partial charge on any atom is -0.493 e. The number of carbonyl (C=O) groups excluding carboxylic acids is 3. The monoisotopic (exact) mass is 510 g/mol. The molecule has 0 amide bonds. The summed E-state index contributed by atoms with van der Waals surface area (Å²) in [4.78, 5) is 48.3. The zero-order chi connectivity index (χ0) is 26.4. The van der Waals surface area contributed by atoms with Gasteiger partial charge in [-0.2, -0.15) is 0 Å². The Labute approximate surface area is 214 Å². The molecule has 0 saturated carbocycles. The van der Waals surface area contributed by atoms with Crippen molar-refractivity contribution in [2.75, 3.05) is 52.4 Å². The summed E-state index contributed by atoms with van der Waals surface area (Å²) in [5.41, 5.74) is 1.00. The third kappa shape index (κ3) is 5.88. The van der Waals surface area contributed by atoms with Crippen LogP contribution in [0.25, 0.3) is 10.9 Å². The Morgan fingerprint density at radius 3 is 2.54 bits per heavy atom. The van der Waals surface area contributed by atoms with Crippen LogP contribution in [0, 0.1) is 5.92 Å². The highest BCUT2D eigenvalue weighted by Crippen LogP contribution is 2.34. The van der Waals surface area contributed by atoms with Gasteiger partial charge in [-0.25, -0.2) is 9.97 Å². The maximum absolute atomic E-state index is 13.0. The first-order chi connectivity index (χ1) is 17.9. The van der Waals surface area contributed by atoms with Crippen molar-refractivity contribution < 1.29 is 33.3 Å². The van der Waals surface area contributed by atoms with Gasteiger partial charge < -0.3 is 29.2 Å². The molecule has 37 heavy (non-hydrogen) atoms. The minimum absolute atomic E-state index is 0.106. The molecule has 0 spiro atoms. The highest BCUT2D eigenvalue weighted by atomic mass is 16.5. The third-order valence-corrected chi connectivity index (χ3v) is 6.24. The van der Waals surface area contributed by atoms with E-state index in [0.717, 1.165) is 0 Å². The summed E-state index contributed by atoms with van der Waals surface area (Å²) in [6.45, 7) is 3.87. The molecule has 1 fully saturated rings. The highest BCUT2D eigenvalue weighted by molar-refractivity contribution is 6.21. The Hall–Kier alpha value is -3.99. The number of ketones is 2. The van der Waals surface area contributed by atoms with E-state index in [0.29, 0.717) is 79.7 Å². The molecule has 1 saturated heterocycles. The van der Waals surface area contributed by atoms with E-state index in [2.05, 4.69) is 15.3 Å². The molecule has 1 aromatic heterocycles. The maximum atomic E-state index is 13.0. The average Bonchev–Trinajstić information content (AvgIpc) is 2.90. The van der Waals surface area contributed by atoms with Crippen LogP contribution in [-0.2, 0) is 23.9 Å². The molecule has 4 rings (SSSR count). The van der Waals surface area contributed by atoms with E-state index >= 15 is 0 Å². The van der Waals surface area contributed by atoms with Crippen LogP contribution in [-0.4, -0.2) is 79.5 Å². The van der Waals surface area contributed by atoms with E-state index in [-0.39, 0.29) is 29.2 Å². The summed E-state index contributed by atoms with van der Waals surface area (Å²) in [5, 5.41) is 3.58. The van der Waals surface area contributed by atoms with E-state index in [1.165, 1.54) is 25.6 Å². The number of carbonyl (C=O) groups is 3. The van der Waals surface area contributed by atoms with Crippen molar-refractivity contribution in [3.8, 4) is 11.5 Å². The van der Waals surface area contributed by atoms with Crippen LogP contribution in [0.3, 0.4) is 0 Å². The number of piperidine rings is 1. The van der Waals surface area contributed by atoms with E-state index in [9.17, 15) is 14.4 Å². The van der Waals surface area contributed by atoms with Crippen molar-refractivity contribution >= 4 is 34.3 Å². The summed E-state index contributed by atoms with van der Waals surface area (Å²) >= 11 is 0. The molecule has 11 heteroatoms. The number of nitrogens with one attached hydrogen (secondary N) is 1. The zero-order valence-electron chi connectivity index (χ0n) is 21.1. The lowest BCUT2D eigenvalue weighted by atomic mass is 9.95. The molecule has 11 nitrogen and oxygen atoms in total. The fourth-order valence-corrected chi connectivity index (χ4v) is 4.31. The van der Waals surface area contributed by atoms with Gasteiger partial charge in [0.2, 0.25) is 11.6 Å². The molecule has 0 unspecified atom stereocenters. The number of esters is 1. The fraction of sp³-hybridized carbons (Fsp3) is 0.423. The first-order valence-corrected chi connectivity index (χ1v) is 12.1. The van der Waals surface area contributed by atoms with E-state index in [1.807, 2.05) is 4.90 Å². The number of anilines is 1. The Bertz CT molecular complexity index is 1250. The lowest BCUT2D eigenvalue weighted by Gasteiger charge is -2.34. The second kappa shape index (κ2) is 11.8. The van der Waals surface area contributed by atoms with Crippen LogP contribution in [0.4, 0.5) is 5.82 Å². The largest absolute Gasteiger partial charge is 0.493 e. The van der Waals surface area contributed by atoms with Crippen molar-refractivity contribution in [3.63, 3.8) is 0 Å². The highest BCUT2D eigenvalue weighted by Gasteiger charge is 2.31. The lowest BCUT2D eigenvalue weighted by molar-refractivity contribution is -0.149. The van der Waals surface area contributed by atoms with Crippen LogP contribution in [0.15, 0.2) is 42.0 Å². The van der Waals surface area contributed by atoms with Gasteiger partial charge in [0.15, 0.2) is 11.5 Å². The molecule has 0 atom stereocenters. The molecule has 1 aromatic carbocycles. The van der Waals surface area contributed by atoms with Crippen molar-refractivity contribution in [3.05, 3.63) is 42.0 Å². The summed E-state index contributed by atoms with van der Waals surface area (Å²) in [7, 11) is 3.11. The number of allylic oxidation sites excluding steroid dienone is 2. The van der Waals surface area contributed by atoms with Crippen molar-refractivity contribution in [2.24, 2.45) is 5.92 Å². The van der Waals surface area contributed by atoms with Gasteiger partial charge in [-0.1, -0.05) is 0 Å². The van der Waals surface area contributed by atoms with Gasteiger partial charge >= 0.3 is 5.97 Å². The van der Waals surface area contributed by atoms with Crippen LogP contribution >= 0.6 is 0 Å². The maximum Gasteiger partial charge on any atom is 0.309 e. The number of nitrogens with zero attached hydrogens (tertiary/aromatic N) is 3. The number of rotatable bonds is 10. The van der Waals surface area contributed by atoms with Crippen molar-refractivity contribution in [2.45, 2.75) is 19.8 Å². The number of likely N-dealkylation sites (tertiary alicyclic amines) is 1. The van der Waals surface area contributed by atoms with Gasteiger partial charge in [-0.15, -0.1) is 0 Å². The molecule has 0 radical (unpaired) electrons. The molecule has 2 aromatic rings. The second-order valence-corrected chi connectivity index (χ2v) is 8.54. The smallest absolute Gasteiger partial charge is 0.309 e. The van der Waals surface area contributed by atoms with E-state index in [1.54, 1.807) is 26.2 Å². The predicted molar refractivity (Wildman–Crippen MR) is 134 cm³/mol. The van der Waals surface area contributed by atoms with Crippen LogP contribution < -0.4 is 14.8 Å². The number of aromatic nitrogens is 2. The zero-order valence-corrected chi connectivity index (χ0v) is 21.1. The van der Waals surface area contributed by atoms with E-state index in [4.69, 9.17) is 18.9 Å². The number of ether oxygens (including phenoxy) is 4. The van der Waals surface area contributed by atoms with Gasteiger partial charge in [0.1, 0.15) is 18.8 Å². The average molecular weight is 511 g/mol. The molecule has 2 heterocycles. The van der Waals surface area contributed by atoms with Gasteiger partial charge in [-0.3, -0.25) is 14.4 Å². The summed E-state index contributed by atoms with van der Waals surface area (Å²) < 4.78 is 21.3. The number of benzene rings is 1. The summed E-state index contributed by atoms with van der Waals surface area (Å²) in [5.74, 6) is 0.283. The molecule has 1 aliphatic heterocycles. The Morgan fingerprint density at radius 2 is 1.84 bits per heavy atom. The van der Waals surface area contributed by atoms with Crippen molar-refractivity contribution in [1.29, 1.82) is 0 Å². The Morgan fingerprint density at radius 1 is 1.05 bits per heavy atom. The fourth-order valence-electron chi connectivity index (χ4n) is 4.31. The molecule has 196 valence electrons. The van der Waals surface area contributed by atoms with Gasteiger partial charge in [0.25, 0.3) is 0 Å². The Balaban J connectivity index is 1.49. The number of hydrogen-bond donors (Lipinski definition) is 1. The Kier molecular flexibility index (Phi) is 8.34. The number of fused-ring (bicyclic) bond motifs is 1. The normalized spacial score (nSPS) is 16.4. The molecular weight excluding hydrogens is 480 g/mol. The van der Waals surface area contributed by atoms with Crippen molar-refractivity contribution in [1.82, 2.24) is 14.9 Å². The first-order valence-electron chi connectivity index (χ1n) is 12.1. The number of hydrogen-bond acceptors (Lipinski definition) is 11. The third-order valence-electron chi connectivity index (χ3n) is 6.24. The van der Waals surface area contributed by atoms with Gasteiger partial charge in [0, 0.05) is 43.8 Å². The van der Waals surface area contributed by atoms with Crippen LogP contribution in [0.5, 0.6) is 11.5 Å². The molecule has 2 aliphatic rings. The van der Waals surface area contributed by atoms with Gasteiger partial charge in [-0.05, 0) is 25.8 Å². The first kappa shape index (κ1) is 26.1.